The first-order valence-corrected chi connectivity index (χ1v) is 6.24. The molecule has 0 heterocycles. The number of rotatable bonds is 6. The fourth-order valence-electron chi connectivity index (χ4n) is 1.87. The first kappa shape index (κ1) is 14.6. The zero-order chi connectivity index (χ0) is 13.5. The van der Waals surface area contributed by atoms with Gasteiger partial charge in [-0.2, -0.15) is 0 Å². The lowest BCUT2D eigenvalue weighted by atomic mass is 10.0. The average molecular weight is 252 g/mol. The Morgan fingerprint density at radius 1 is 1.39 bits per heavy atom. The summed E-state index contributed by atoms with van der Waals surface area (Å²) in [5.74, 6) is -0.171. The summed E-state index contributed by atoms with van der Waals surface area (Å²) in [6.07, 6.45) is 1.67. The molecule has 0 saturated carbocycles. The van der Waals surface area contributed by atoms with E-state index >= 15 is 0 Å². The standard InChI is InChI=1S/C14H21FN2O/c1-11(4-3-9-16)14(18)17(2)10-12-5-7-13(15)8-6-12/h5-8,11H,3-4,9-10,16H2,1-2H3. The third-order valence-electron chi connectivity index (χ3n) is 2.97. The SMILES string of the molecule is CC(CCCN)C(=O)N(C)Cc1ccc(F)cc1. The van der Waals surface area contributed by atoms with Crippen LogP contribution in [0.1, 0.15) is 25.3 Å². The first-order valence-electron chi connectivity index (χ1n) is 6.24. The van der Waals surface area contributed by atoms with Crippen molar-refractivity contribution in [2.24, 2.45) is 11.7 Å². The van der Waals surface area contributed by atoms with Crippen molar-refractivity contribution in [2.75, 3.05) is 13.6 Å². The summed E-state index contributed by atoms with van der Waals surface area (Å²) < 4.78 is 12.8. The molecule has 18 heavy (non-hydrogen) atoms. The lowest BCUT2D eigenvalue weighted by molar-refractivity contribution is -0.134. The Hall–Kier alpha value is -1.42. The molecule has 4 heteroatoms. The van der Waals surface area contributed by atoms with Crippen molar-refractivity contribution >= 4 is 5.91 Å². The minimum absolute atomic E-state index is 0.0148. The Bertz CT molecular complexity index is 378. The van der Waals surface area contributed by atoms with Crippen LogP contribution in [0.5, 0.6) is 0 Å². The Morgan fingerprint density at radius 2 is 2.00 bits per heavy atom. The molecule has 1 rings (SSSR count). The monoisotopic (exact) mass is 252 g/mol. The van der Waals surface area contributed by atoms with E-state index in [0.717, 1.165) is 18.4 Å². The van der Waals surface area contributed by atoms with Crippen LogP contribution in [-0.2, 0) is 11.3 Å². The van der Waals surface area contributed by atoms with Crippen LogP contribution in [0, 0.1) is 11.7 Å². The molecule has 0 fully saturated rings. The smallest absolute Gasteiger partial charge is 0.225 e. The molecule has 0 aliphatic rings. The number of amides is 1. The Kier molecular flexibility index (Phi) is 5.78. The molecule has 1 unspecified atom stereocenters. The fourth-order valence-corrected chi connectivity index (χ4v) is 1.87. The molecule has 1 amide bonds. The molecule has 0 radical (unpaired) electrons. The molecule has 100 valence electrons. The summed E-state index contributed by atoms with van der Waals surface area (Å²) in [6, 6.07) is 6.21. The van der Waals surface area contributed by atoms with Gasteiger partial charge in [0.15, 0.2) is 0 Å². The van der Waals surface area contributed by atoms with Crippen molar-refractivity contribution in [2.45, 2.75) is 26.3 Å². The lowest BCUT2D eigenvalue weighted by Crippen LogP contribution is -2.31. The van der Waals surface area contributed by atoms with Gasteiger partial charge in [0.1, 0.15) is 5.82 Å². The van der Waals surface area contributed by atoms with Crippen molar-refractivity contribution in [3.8, 4) is 0 Å². The van der Waals surface area contributed by atoms with Crippen LogP contribution in [-0.4, -0.2) is 24.4 Å². The van der Waals surface area contributed by atoms with E-state index in [4.69, 9.17) is 5.73 Å². The van der Waals surface area contributed by atoms with Gasteiger partial charge in [0.05, 0.1) is 0 Å². The van der Waals surface area contributed by atoms with Gasteiger partial charge in [-0.25, -0.2) is 4.39 Å². The van der Waals surface area contributed by atoms with E-state index in [1.165, 1.54) is 12.1 Å². The lowest BCUT2D eigenvalue weighted by Gasteiger charge is -2.21. The summed E-state index contributed by atoms with van der Waals surface area (Å²) in [4.78, 5) is 13.7. The van der Waals surface area contributed by atoms with Gasteiger partial charge in [-0.1, -0.05) is 19.1 Å². The zero-order valence-electron chi connectivity index (χ0n) is 11.0. The number of hydrogen-bond acceptors (Lipinski definition) is 2. The van der Waals surface area contributed by atoms with Crippen LogP contribution in [0.2, 0.25) is 0 Å². The van der Waals surface area contributed by atoms with Gasteiger partial charge in [0.25, 0.3) is 0 Å². The van der Waals surface area contributed by atoms with Crippen LogP contribution in [0.3, 0.4) is 0 Å². The van der Waals surface area contributed by atoms with Crippen LogP contribution in [0.15, 0.2) is 24.3 Å². The summed E-state index contributed by atoms with van der Waals surface area (Å²) in [5.41, 5.74) is 6.36. The summed E-state index contributed by atoms with van der Waals surface area (Å²) >= 11 is 0. The maximum Gasteiger partial charge on any atom is 0.225 e. The van der Waals surface area contributed by atoms with Crippen LogP contribution < -0.4 is 5.73 Å². The molecule has 1 atom stereocenters. The molecular weight excluding hydrogens is 231 g/mol. The van der Waals surface area contributed by atoms with Gasteiger partial charge >= 0.3 is 0 Å². The Labute approximate surface area is 108 Å². The van der Waals surface area contributed by atoms with Crippen molar-refractivity contribution in [1.82, 2.24) is 4.90 Å². The second kappa shape index (κ2) is 7.11. The molecule has 2 N–H and O–H groups in total. The third-order valence-corrected chi connectivity index (χ3v) is 2.97. The van der Waals surface area contributed by atoms with Gasteiger partial charge in [0, 0.05) is 19.5 Å². The van der Waals surface area contributed by atoms with Gasteiger partial charge < -0.3 is 10.6 Å². The fraction of sp³-hybridized carbons (Fsp3) is 0.500. The highest BCUT2D eigenvalue weighted by Gasteiger charge is 2.16. The number of halogens is 1. The first-order chi connectivity index (χ1) is 8.54. The van der Waals surface area contributed by atoms with E-state index in [1.54, 1.807) is 24.1 Å². The molecular formula is C14H21FN2O. The summed E-state index contributed by atoms with van der Waals surface area (Å²) in [6.45, 7) is 3.03. The van der Waals surface area contributed by atoms with Crippen LogP contribution in [0.4, 0.5) is 4.39 Å². The Morgan fingerprint density at radius 3 is 2.56 bits per heavy atom. The quantitative estimate of drug-likeness (QED) is 0.843. The highest BCUT2D eigenvalue weighted by atomic mass is 19.1. The van der Waals surface area contributed by atoms with Gasteiger partial charge in [-0.3, -0.25) is 4.79 Å². The molecule has 0 aliphatic carbocycles. The van der Waals surface area contributed by atoms with E-state index in [0.29, 0.717) is 13.1 Å². The second-order valence-corrected chi connectivity index (χ2v) is 4.65. The van der Waals surface area contributed by atoms with Gasteiger partial charge in [0.2, 0.25) is 5.91 Å². The molecule has 0 saturated heterocycles. The molecule has 0 spiro atoms. The molecule has 0 aromatic heterocycles. The van der Waals surface area contributed by atoms with Gasteiger partial charge in [-0.15, -0.1) is 0 Å². The Balaban J connectivity index is 2.51. The number of carbonyl (C=O) groups excluding carboxylic acids is 1. The maximum absolute atomic E-state index is 12.8. The molecule has 1 aromatic rings. The number of nitrogens with zero attached hydrogens (tertiary/aromatic N) is 1. The number of benzene rings is 1. The third kappa shape index (κ3) is 4.45. The van der Waals surface area contributed by atoms with Crippen LogP contribution in [0.25, 0.3) is 0 Å². The molecule has 0 bridgehead atoms. The summed E-state index contributed by atoms with van der Waals surface area (Å²) in [5, 5.41) is 0. The van der Waals surface area contributed by atoms with Crippen LogP contribution >= 0.6 is 0 Å². The van der Waals surface area contributed by atoms with E-state index in [9.17, 15) is 9.18 Å². The van der Waals surface area contributed by atoms with E-state index < -0.39 is 0 Å². The van der Waals surface area contributed by atoms with Gasteiger partial charge in [-0.05, 0) is 37.1 Å². The van der Waals surface area contributed by atoms with Crippen molar-refractivity contribution in [1.29, 1.82) is 0 Å². The highest BCUT2D eigenvalue weighted by Crippen LogP contribution is 2.11. The minimum Gasteiger partial charge on any atom is -0.341 e. The second-order valence-electron chi connectivity index (χ2n) is 4.65. The minimum atomic E-state index is -0.260. The topological polar surface area (TPSA) is 46.3 Å². The molecule has 1 aromatic carbocycles. The van der Waals surface area contributed by atoms with Crippen molar-refractivity contribution in [3.63, 3.8) is 0 Å². The largest absolute Gasteiger partial charge is 0.341 e. The molecule has 3 nitrogen and oxygen atoms in total. The number of nitrogens with two attached hydrogens (primary N) is 1. The predicted molar refractivity (Wildman–Crippen MR) is 70.3 cm³/mol. The number of carbonyl (C=O) groups is 1. The van der Waals surface area contributed by atoms with Crippen molar-refractivity contribution < 1.29 is 9.18 Å². The average Bonchev–Trinajstić information content (AvgIpc) is 2.37. The number of hydrogen-bond donors (Lipinski definition) is 1. The molecule has 0 aliphatic heterocycles. The van der Waals surface area contributed by atoms with E-state index in [-0.39, 0.29) is 17.6 Å². The predicted octanol–water partition coefficient (Wildman–Crippen LogP) is 2.16. The maximum atomic E-state index is 12.8. The summed E-state index contributed by atoms with van der Waals surface area (Å²) in [7, 11) is 1.77. The van der Waals surface area contributed by atoms with Crippen molar-refractivity contribution in [3.05, 3.63) is 35.6 Å². The van der Waals surface area contributed by atoms with E-state index in [2.05, 4.69) is 0 Å². The van der Waals surface area contributed by atoms with E-state index in [1.807, 2.05) is 6.92 Å². The highest BCUT2D eigenvalue weighted by molar-refractivity contribution is 5.78. The zero-order valence-corrected chi connectivity index (χ0v) is 11.0. The normalized spacial score (nSPS) is 12.2.